The number of carbonyl (C=O) groups excluding carboxylic acids is 2. The molecule has 0 spiro atoms. The lowest BCUT2D eigenvalue weighted by molar-refractivity contribution is 0.0967. The molecular formula is C21H17Cl3FN5O2. The molecule has 1 aromatic carbocycles. The summed E-state index contributed by atoms with van der Waals surface area (Å²) in [5, 5.41) is 4.53. The Labute approximate surface area is 198 Å². The van der Waals surface area contributed by atoms with Crippen molar-refractivity contribution >= 4 is 52.4 Å². The van der Waals surface area contributed by atoms with Gasteiger partial charge in [0.25, 0.3) is 5.91 Å². The number of rotatable bonds is 4. The molecule has 3 rings (SSSR count). The van der Waals surface area contributed by atoms with E-state index in [1.165, 1.54) is 24.3 Å². The van der Waals surface area contributed by atoms with Crippen molar-refractivity contribution in [1.29, 1.82) is 0 Å². The minimum absolute atomic E-state index is 0.00546. The van der Waals surface area contributed by atoms with Crippen LogP contribution in [0.25, 0.3) is 11.3 Å². The van der Waals surface area contributed by atoms with Gasteiger partial charge >= 0.3 is 6.03 Å². The van der Waals surface area contributed by atoms with Crippen molar-refractivity contribution in [2.45, 2.75) is 26.7 Å². The van der Waals surface area contributed by atoms with E-state index in [2.05, 4.69) is 25.6 Å². The summed E-state index contributed by atoms with van der Waals surface area (Å²) in [5.41, 5.74) is 1.34. The van der Waals surface area contributed by atoms with Crippen molar-refractivity contribution in [3.63, 3.8) is 0 Å². The summed E-state index contributed by atoms with van der Waals surface area (Å²) in [7, 11) is 0. The Balaban J connectivity index is 1.83. The predicted octanol–water partition coefficient (Wildman–Crippen LogP) is 6.03. The van der Waals surface area contributed by atoms with Gasteiger partial charge in [-0.1, -0.05) is 49.2 Å². The van der Waals surface area contributed by atoms with E-state index in [4.69, 9.17) is 34.8 Å². The molecule has 2 heterocycles. The van der Waals surface area contributed by atoms with Crippen molar-refractivity contribution in [2.75, 3.05) is 5.32 Å². The van der Waals surface area contributed by atoms with Gasteiger partial charge in [-0.05, 0) is 42.6 Å². The number of pyridine rings is 1. The van der Waals surface area contributed by atoms with Crippen LogP contribution in [0.4, 0.5) is 14.9 Å². The van der Waals surface area contributed by atoms with Crippen LogP contribution in [0.15, 0.2) is 30.3 Å². The molecule has 0 unspecified atom stereocenters. The van der Waals surface area contributed by atoms with Crippen molar-refractivity contribution in [1.82, 2.24) is 20.3 Å². The fourth-order valence-corrected chi connectivity index (χ4v) is 3.61. The third kappa shape index (κ3) is 5.15. The van der Waals surface area contributed by atoms with E-state index >= 15 is 0 Å². The molecule has 0 saturated carbocycles. The normalized spacial score (nSPS) is 10.9. The maximum atomic E-state index is 14.1. The summed E-state index contributed by atoms with van der Waals surface area (Å²) in [4.78, 5) is 37.3. The van der Waals surface area contributed by atoms with Crippen LogP contribution in [0.5, 0.6) is 0 Å². The van der Waals surface area contributed by atoms with Crippen molar-refractivity contribution in [2.24, 2.45) is 0 Å². The molecule has 0 aliphatic rings. The zero-order valence-electron chi connectivity index (χ0n) is 17.1. The fourth-order valence-electron chi connectivity index (χ4n) is 2.92. The molecule has 0 aliphatic carbocycles. The topological polar surface area (TPSA) is 96.9 Å². The van der Waals surface area contributed by atoms with Gasteiger partial charge < -0.3 is 5.32 Å². The Morgan fingerprint density at radius 3 is 2.41 bits per heavy atom. The second kappa shape index (κ2) is 9.77. The molecule has 3 aromatic rings. The molecule has 2 N–H and O–H groups in total. The first-order valence-corrected chi connectivity index (χ1v) is 10.5. The molecule has 11 heteroatoms. The highest BCUT2D eigenvalue weighted by Gasteiger charge is 2.21. The fraction of sp³-hybridized carbons (Fsp3) is 0.190. The molecule has 0 atom stereocenters. The van der Waals surface area contributed by atoms with E-state index in [0.29, 0.717) is 17.1 Å². The van der Waals surface area contributed by atoms with E-state index in [-0.39, 0.29) is 38.2 Å². The van der Waals surface area contributed by atoms with E-state index in [1.807, 2.05) is 13.8 Å². The van der Waals surface area contributed by atoms with E-state index < -0.39 is 17.8 Å². The number of carbonyl (C=O) groups is 2. The van der Waals surface area contributed by atoms with Gasteiger partial charge in [-0.3, -0.25) is 10.1 Å². The highest BCUT2D eigenvalue weighted by molar-refractivity contribution is 6.36. The SMILES string of the molecule is Cc1nc(Cl)nc(C(C)C)c1NC(=O)NC(=O)c1cc(Cl)c(-c2ccccc2F)nc1Cl. The van der Waals surface area contributed by atoms with Crippen LogP contribution in [0, 0.1) is 12.7 Å². The summed E-state index contributed by atoms with van der Waals surface area (Å²) in [6.07, 6.45) is 0. The van der Waals surface area contributed by atoms with Gasteiger partial charge in [0.15, 0.2) is 0 Å². The van der Waals surface area contributed by atoms with Gasteiger partial charge in [-0.2, -0.15) is 0 Å². The summed E-state index contributed by atoms with van der Waals surface area (Å²) in [5.74, 6) is -1.46. The average Bonchev–Trinajstić information content (AvgIpc) is 2.71. The second-order valence-corrected chi connectivity index (χ2v) is 8.14. The molecule has 3 amide bonds. The van der Waals surface area contributed by atoms with Gasteiger partial charge in [-0.25, -0.2) is 24.1 Å². The lowest BCUT2D eigenvalue weighted by Crippen LogP contribution is -2.35. The zero-order chi connectivity index (χ0) is 23.6. The van der Waals surface area contributed by atoms with E-state index in [9.17, 15) is 14.0 Å². The van der Waals surface area contributed by atoms with Crippen molar-refractivity contribution in [3.05, 3.63) is 68.6 Å². The highest BCUT2D eigenvalue weighted by Crippen LogP contribution is 2.31. The third-order valence-corrected chi connectivity index (χ3v) is 5.15. The Morgan fingerprint density at radius 2 is 1.75 bits per heavy atom. The van der Waals surface area contributed by atoms with Gasteiger partial charge in [0, 0.05) is 5.56 Å². The number of nitrogens with one attached hydrogen (secondary N) is 2. The predicted molar refractivity (Wildman–Crippen MR) is 122 cm³/mol. The summed E-state index contributed by atoms with van der Waals surface area (Å²) >= 11 is 18.2. The maximum Gasteiger partial charge on any atom is 0.326 e. The molecule has 0 bridgehead atoms. The molecule has 7 nitrogen and oxygen atoms in total. The zero-order valence-corrected chi connectivity index (χ0v) is 19.4. The Morgan fingerprint density at radius 1 is 1.06 bits per heavy atom. The maximum absolute atomic E-state index is 14.1. The van der Waals surface area contributed by atoms with Crippen molar-refractivity contribution < 1.29 is 14.0 Å². The van der Waals surface area contributed by atoms with E-state index in [0.717, 1.165) is 0 Å². The molecule has 166 valence electrons. The Bertz CT molecular complexity index is 1220. The number of amides is 3. The lowest BCUT2D eigenvalue weighted by atomic mass is 10.1. The summed E-state index contributed by atoms with van der Waals surface area (Å²) in [6, 6.07) is 6.25. The minimum atomic E-state index is -0.847. The number of nitrogens with zero attached hydrogens (tertiary/aromatic N) is 3. The molecular weight excluding hydrogens is 480 g/mol. The first kappa shape index (κ1) is 23.8. The number of benzene rings is 1. The van der Waals surface area contributed by atoms with Crippen LogP contribution in [0.1, 0.15) is 41.5 Å². The monoisotopic (exact) mass is 495 g/mol. The number of aryl methyl sites for hydroxylation is 1. The molecule has 32 heavy (non-hydrogen) atoms. The molecule has 0 fully saturated rings. The highest BCUT2D eigenvalue weighted by atomic mass is 35.5. The number of hydrogen-bond donors (Lipinski definition) is 2. The first-order chi connectivity index (χ1) is 15.1. The van der Waals surface area contributed by atoms with Crippen LogP contribution in [0.2, 0.25) is 15.5 Å². The lowest BCUT2D eigenvalue weighted by Gasteiger charge is -2.15. The molecule has 2 aromatic heterocycles. The van der Waals surface area contributed by atoms with Gasteiger partial charge in [0.2, 0.25) is 5.28 Å². The van der Waals surface area contributed by atoms with Crippen LogP contribution in [-0.2, 0) is 0 Å². The van der Waals surface area contributed by atoms with Crippen LogP contribution < -0.4 is 10.6 Å². The van der Waals surface area contributed by atoms with Crippen LogP contribution >= 0.6 is 34.8 Å². The van der Waals surface area contributed by atoms with Gasteiger partial charge in [0.1, 0.15) is 11.0 Å². The summed E-state index contributed by atoms with van der Waals surface area (Å²) in [6.45, 7) is 5.40. The van der Waals surface area contributed by atoms with Crippen LogP contribution in [0.3, 0.4) is 0 Å². The summed E-state index contributed by atoms with van der Waals surface area (Å²) < 4.78 is 14.1. The number of aromatic nitrogens is 3. The molecule has 0 saturated heterocycles. The second-order valence-electron chi connectivity index (χ2n) is 7.04. The quantitative estimate of drug-likeness (QED) is 0.339. The molecule has 0 radical (unpaired) electrons. The van der Waals surface area contributed by atoms with E-state index in [1.54, 1.807) is 13.0 Å². The Kier molecular flexibility index (Phi) is 7.28. The number of imide groups is 1. The average molecular weight is 497 g/mol. The van der Waals surface area contributed by atoms with Gasteiger partial charge in [-0.15, -0.1) is 0 Å². The third-order valence-electron chi connectivity index (χ3n) is 4.41. The smallest absolute Gasteiger partial charge is 0.304 e. The molecule has 0 aliphatic heterocycles. The standard InChI is InChI=1S/C21H17Cl3FN5O2/c1-9(2)15-16(10(3)26-20(24)28-15)29-21(32)30-19(31)12-8-13(22)17(27-18(12)23)11-6-4-5-7-14(11)25/h4-9H,1-3H3,(H2,29,30,31,32). The largest absolute Gasteiger partial charge is 0.326 e. The number of urea groups is 1. The van der Waals surface area contributed by atoms with Crippen molar-refractivity contribution in [3.8, 4) is 11.3 Å². The number of hydrogen-bond acceptors (Lipinski definition) is 5. The number of halogens is 4. The van der Waals surface area contributed by atoms with Crippen LogP contribution in [-0.4, -0.2) is 26.9 Å². The van der Waals surface area contributed by atoms with Gasteiger partial charge in [0.05, 0.1) is 33.4 Å². The number of anilines is 1. The first-order valence-electron chi connectivity index (χ1n) is 9.35. The Hall–Kier alpha value is -2.81. The minimum Gasteiger partial charge on any atom is -0.304 e.